The van der Waals surface area contributed by atoms with Crippen molar-refractivity contribution in [1.82, 2.24) is 0 Å². The molecule has 1 aliphatic carbocycles. The molecule has 5 heteroatoms. The molecule has 0 aromatic heterocycles. The van der Waals surface area contributed by atoms with Crippen LogP contribution in [0.1, 0.15) is 32.1 Å². The van der Waals surface area contributed by atoms with Gasteiger partial charge in [0.05, 0.1) is 16.6 Å². The van der Waals surface area contributed by atoms with Crippen LogP contribution in [0, 0.1) is 0 Å². The second-order valence-corrected chi connectivity index (χ2v) is 6.50. The molecular weight excluding hydrogens is 321 g/mol. The van der Waals surface area contributed by atoms with Crippen molar-refractivity contribution >= 4 is 23.2 Å². The van der Waals surface area contributed by atoms with Crippen LogP contribution in [0.15, 0.2) is 29.8 Å². The van der Waals surface area contributed by atoms with Gasteiger partial charge in [-0.1, -0.05) is 40.9 Å². The maximum absolute atomic E-state index is 9.97. The lowest BCUT2D eigenvalue weighted by Crippen LogP contribution is -2.86. The largest absolute Gasteiger partial charge is 0.488 e. The van der Waals surface area contributed by atoms with Crippen LogP contribution in [0.25, 0.3) is 0 Å². The van der Waals surface area contributed by atoms with E-state index >= 15 is 0 Å². The first-order valence-corrected chi connectivity index (χ1v) is 8.67. The van der Waals surface area contributed by atoms with Gasteiger partial charge in [-0.3, -0.25) is 0 Å². The second-order valence-electron chi connectivity index (χ2n) is 5.69. The van der Waals surface area contributed by atoms with E-state index < -0.39 is 6.10 Å². The topological polar surface area (TPSA) is 46.1 Å². The molecule has 0 aliphatic heterocycles. The molecule has 3 nitrogen and oxygen atoms in total. The average Bonchev–Trinajstić information content (AvgIpc) is 2.52. The number of para-hydroxylation sites is 1. The molecule has 0 amide bonds. The Bertz CT molecular complexity index is 485. The second kappa shape index (κ2) is 9.41. The van der Waals surface area contributed by atoms with Gasteiger partial charge in [0, 0.05) is 6.42 Å². The molecule has 1 aromatic carbocycles. The number of allylic oxidation sites excluding steroid dienone is 1. The lowest BCUT2D eigenvalue weighted by molar-refractivity contribution is -0.660. The van der Waals surface area contributed by atoms with E-state index in [-0.39, 0.29) is 6.61 Å². The lowest BCUT2D eigenvalue weighted by Gasteiger charge is -2.14. The summed E-state index contributed by atoms with van der Waals surface area (Å²) in [6.07, 6.45) is 8.07. The van der Waals surface area contributed by atoms with Gasteiger partial charge in [0.1, 0.15) is 19.3 Å². The number of halogens is 2. The molecule has 0 saturated carbocycles. The zero-order chi connectivity index (χ0) is 15.8. The van der Waals surface area contributed by atoms with Crippen molar-refractivity contribution in [3.63, 3.8) is 0 Å². The number of nitrogens with two attached hydrogens (primary N) is 1. The van der Waals surface area contributed by atoms with Crippen LogP contribution >= 0.6 is 23.2 Å². The fourth-order valence-corrected chi connectivity index (χ4v) is 3.10. The fraction of sp³-hybridized carbons (Fsp3) is 0.529. The van der Waals surface area contributed by atoms with Crippen molar-refractivity contribution in [2.45, 2.75) is 38.2 Å². The summed E-state index contributed by atoms with van der Waals surface area (Å²) in [5.74, 6) is 0.442. The number of rotatable bonds is 8. The summed E-state index contributed by atoms with van der Waals surface area (Å²) in [7, 11) is 0. The standard InChI is InChI=1S/C17H23Cl2NO2/c18-15-7-4-8-16(19)17(15)22-12-14(21)11-20-10-9-13-5-2-1-3-6-13/h4-5,7-8,14,20-21H,1-3,6,9-12H2/p+1/t14-/m0/s1. The third-order valence-electron chi connectivity index (χ3n) is 3.83. The summed E-state index contributed by atoms with van der Waals surface area (Å²) in [6, 6.07) is 5.21. The number of ether oxygens (including phenoxy) is 1. The molecule has 0 radical (unpaired) electrons. The molecule has 22 heavy (non-hydrogen) atoms. The Morgan fingerprint density at radius 3 is 2.68 bits per heavy atom. The van der Waals surface area contributed by atoms with Gasteiger partial charge in [-0.05, 0) is 37.8 Å². The quantitative estimate of drug-likeness (QED) is 0.561. The average molecular weight is 345 g/mol. The predicted octanol–water partition coefficient (Wildman–Crippen LogP) is 3.19. The number of aliphatic hydroxyl groups excluding tert-OH is 1. The Morgan fingerprint density at radius 2 is 2.00 bits per heavy atom. The van der Waals surface area contributed by atoms with E-state index in [2.05, 4.69) is 11.4 Å². The van der Waals surface area contributed by atoms with Gasteiger partial charge in [-0.2, -0.15) is 0 Å². The number of aliphatic hydroxyl groups is 1. The van der Waals surface area contributed by atoms with Crippen molar-refractivity contribution in [1.29, 1.82) is 0 Å². The van der Waals surface area contributed by atoms with Crippen molar-refractivity contribution in [2.75, 3.05) is 19.7 Å². The number of quaternary nitrogens is 1. The van der Waals surface area contributed by atoms with Gasteiger partial charge in [-0.25, -0.2) is 0 Å². The number of hydrogen-bond donors (Lipinski definition) is 2. The zero-order valence-electron chi connectivity index (χ0n) is 12.7. The van der Waals surface area contributed by atoms with Gasteiger partial charge in [0.2, 0.25) is 0 Å². The van der Waals surface area contributed by atoms with Crippen LogP contribution in [-0.2, 0) is 0 Å². The Morgan fingerprint density at radius 1 is 1.23 bits per heavy atom. The summed E-state index contributed by atoms with van der Waals surface area (Å²) in [6.45, 7) is 1.83. The number of hydrogen-bond acceptors (Lipinski definition) is 2. The van der Waals surface area contributed by atoms with Crippen molar-refractivity contribution in [3.8, 4) is 5.75 Å². The Balaban J connectivity index is 1.63. The van der Waals surface area contributed by atoms with Gasteiger partial charge in [0.25, 0.3) is 0 Å². The van der Waals surface area contributed by atoms with Gasteiger partial charge in [-0.15, -0.1) is 0 Å². The van der Waals surface area contributed by atoms with E-state index in [4.69, 9.17) is 27.9 Å². The highest BCUT2D eigenvalue weighted by atomic mass is 35.5. The molecule has 1 aliphatic rings. The minimum atomic E-state index is -0.535. The van der Waals surface area contributed by atoms with Crippen LogP contribution in [0.5, 0.6) is 5.75 Å². The summed E-state index contributed by atoms with van der Waals surface area (Å²) < 4.78 is 5.53. The normalized spacial score (nSPS) is 16.2. The van der Waals surface area contributed by atoms with Crippen LogP contribution in [0.2, 0.25) is 10.0 Å². The minimum absolute atomic E-state index is 0.197. The molecule has 0 heterocycles. The maximum Gasteiger partial charge on any atom is 0.156 e. The van der Waals surface area contributed by atoms with E-state index in [1.807, 2.05) is 0 Å². The molecule has 0 saturated heterocycles. The van der Waals surface area contributed by atoms with Gasteiger partial charge < -0.3 is 15.2 Å². The van der Waals surface area contributed by atoms with E-state index in [0.717, 1.165) is 13.0 Å². The minimum Gasteiger partial charge on any atom is -0.488 e. The molecule has 0 spiro atoms. The van der Waals surface area contributed by atoms with Gasteiger partial charge in [0.15, 0.2) is 5.75 Å². The first-order valence-electron chi connectivity index (χ1n) is 7.91. The Kier molecular flexibility index (Phi) is 7.53. The highest BCUT2D eigenvalue weighted by molar-refractivity contribution is 6.37. The molecule has 122 valence electrons. The van der Waals surface area contributed by atoms with Crippen LogP contribution in [-0.4, -0.2) is 30.9 Å². The van der Waals surface area contributed by atoms with E-state index in [1.54, 1.807) is 23.8 Å². The van der Waals surface area contributed by atoms with Crippen LogP contribution < -0.4 is 10.1 Å². The monoisotopic (exact) mass is 344 g/mol. The summed E-state index contributed by atoms with van der Waals surface area (Å²) in [5, 5.41) is 13.0. The predicted molar refractivity (Wildman–Crippen MR) is 90.8 cm³/mol. The third-order valence-corrected chi connectivity index (χ3v) is 4.43. The van der Waals surface area contributed by atoms with Crippen molar-refractivity contribution in [3.05, 3.63) is 39.9 Å². The molecule has 0 bridgehead atoms. The first-order chi connectivity index (χ1) is 10.7. The van der Waals surface area contributed by atoms with E-state index in [9.17, 15) is 5.11 Å². The summed E-state index contributed by atoms with van der Waals surface area (Å²) in [4.78, 5) is 0. The van der Waals surface area contributed by atoms with Crippen LogP contribution in [0.4, 0.5) is 0 Å². The lowest BCUT2D eigenvalue weighted by atomic mass is 9.97. The fourth-order valence-electron chi connectivity index (χ4n) is 2.60. The number of benzene rings is 1. The molecule has 1 aromatic rings. The zero-order valence-corrected chi connectivity index (χ0v) is 14.2. The van der Waals surface area contributed by atoms with Crippen molar-refractivity contribution in [2.24, 2.45) is 0 Å². The van der Waals surface area contributed by atoms with E-state index in [1.165, 1.54) is 25.7 Å². The molecule has 3 N–H and O–H groups in total. The van der Waals surface area contributed by atoms with E-state index in [0.29, 0.717) is 22.3 Å². The molecular formula is C17H24Cl2NO2+. The smallest absolute Gasteiger partial charge is 0.156 e. The summed E-state index contributed by atoms with van der Waals surface area (Å²) in [5.41, 5.74) is 1.57. The SMILES string of the molecule is O[C@@H](C[NH2+]CCC1=CCCCC1)COc1c(Cl)cccc1Cl. The molecule has 2 rings (SSSR count). The van der Waals surface area contributed by atoms with Crippen molar-refractivity contribution < 1.29 is 15.2 Å². The van der Waals surface area contributed by atoms with Crippen LogP contribution in [0.3, 0.4) is 0 Å². The molecule has 0 fully saturated rings. The highest BCUT2D eigenvalue weighted by Crippen LogP contribution is 2.32. The Labute approximate surface area is 142 Å². The van der Waals surface area contributed by atoms with Gasteiger partial charge >= 0.3 is 0 Å². The summed E-state index contributed by atoms with van der Waals surface area (Å²) >= 11 is 12.0. The first kappa shape index (κ1) is 17.6. The highest BCUT2D eigenvalue weighted by Gasteiger charge is 2.12. The third kappa shape index (κ3) is 5.81. The molecule has 1 atom stereocenters. The maximum atomic E-state index is 9.97. The Hall–Kier alpha value is -0.740. The molecule has 0 unspecified atom stereocenters.